The van der Waals surface area contributed by atoms with Crippen LogP contribution in [0.2, 0.25) is 0 Å². The molecule has 5 nitrogen and oxygen atoms in total. The first-order valence-electron chi connectivity index (χ1n) is 10.3. The largest absolute Gasteiger partial charge is 0.409 e. The van der Waals surface area contributed by atoms with Crippen LogP contribution in [0.4, 0.5) is 23.2 Å². The molecular formula is C21H28F4N4OS. The molecule has 4 unspecified atom stereocenters. The predicted octanol–water partition coefficient (Wildman–Crippen LogP) is 5.11. The van der Waals surface area contributed by atoms with E-state index in [9.17, 15) is 13.2 Å². The molecule has 1 aliphatic heterocycles. The zero-order valence-electron chi connectivity index (χ0n) is 17.7. The number of rotatable bonds is 6. The van der Waals surface area contributed by atoms with E-state index in [1.807, 2.05) is 14.0 Å². The maximum atomic E-state index is 15.3. The Balaban J connectivity index is 2.03. The minimum absolute atomic E-state index is 0.0375. The maximum absolute atomic E-state index is 15.3. The van der Waals surface area contributed by atoms with Gasteiger partial charge in [-0.3, -0.25) is 4.90 Å². The molecule has 1 saturated heterocycles. The number of piperidine rings is 1. The number of alkyl halides is 4. The second-order valence-electron chi connectivity index (χ2n) is 8.00. The van der Waals surface area contributed by atoms with Gasteiger partial charge in [-0.25, -0.2) is 4.39 Å². The lowest BCUT2D eigenvalue weighted by molar-refractivity contribution is -0.126. The highest BCUT2D eigenvalue weighted by atomic mass is 32.1. The quantitative estimate of drug-likeness (QED) is 0.184. The lowest BCUT2D eigenvalue weighted by Crippen LogP contribution is -2.57. The molecule has 0 radical (unpaired) electrons. The fraction of sp³-hybridized carbons (Fsp3) is 0.571. The average Bonchev–Trinajstić information content (AvgIpc) is 3.07. The zero-order valence-corrected chi connectivity index (χ0v) is 18.5. The van der Waals surface area contributed by atoms with Crippen LogP contribution in [-0.4, -0.2) is 53.5 Å². The van der Waals surface area contributed by atoms with Crippen molar-refractivity contribution in [3.8, 4) is 0 Å². The molecule has 10 heteroatoms. The molecule has 4 atom stereocenters. The highest BCUT2D eigenvalue weighted by Gasteiger charge is 2.40. The van der Waals surface area contributed by atoms with Crippen LogP contribution in [0.15, 0.2) is 23.4 Å². The van der Waals surface area contributed by atoms with Crippen molar-refractivity contribution in [2.45, 2.75) is 70.0 Å². The Morgan fingerprint density at radius 2 is 2.03 bits per heavy atom. The number of nitrogens with zero attached hydrogens (tertiary/aromatic N) is 2. The Morgan fingerprint density at radius 3 is 2.61 bits per heavy atom. The molecule has 0 spiro atoms. The van der Waals surface area contributed by atoms with E-state index in [1.165, 1.54) is 0 Å². The summed E-state index contributed by atoms with van der Waals surface area (Å²) >= 11 is 1.02. The molecule has 1 aromatic heterocycles. The van der Waals surface area contributed by atoms with E-state index in [4.69, 9.17) is 10.9 Å². The number of hydrogen-bond acceptors (Lipinski definition) is 5. The van der Waals surface area contributed by atoms with Crippen molar-refractivity contribution >= 4 is 32.9 Å². The van der Waals surface area contributed by atoms with Crippen LogP contribution in [0, 0.1) is 0 Å². The van der Waals surface area contributed by atoms with Crippen molar-refractivity contribution in [1.82, 2.24) is 4.90 Å². The molecule has 1 aliphatic rings. The van der Waals surface area contributed by atoms with Crippen LogP contribution >= 0.6 is 11.3 Å². The van der Waals surface area contributed by atoms with Crippen molar-refractivity contribution in [2.75, 3.05) is 12.4 Å². The van der Waals surface area contributed by atoms with Gasteiger partial charge in [-0.15, -0.1) is 11.3 Å². The smallest absolute Gasteiger partial charge is 0.393 e. The second kappa shape index (κ2) is 9.20. The van der Waals surface area contributed by atoms with Crippen LogP contribution < -0.4 is 11.1 Å². The molecule has 1 fully saturated rings. The summed E-state index contributed by atoms with van der Waals surface area (Å²) in [5.74, 6) is -0.369. The Kier molecular flexibility index (Phi) is 7.00. The van der Waals surface area contributed by atoms with Crippen LogP contribution in [0.3, 0.4) is 0 Å². The summed E-state index contributed by atoms with van der Waals surface area (Å²) in [6.07, 6.45) is -4.63. The number of amidine groups is 1. The summed E-state index contributed by atoms with van der Waals surface area (Å²) in [6, 6.07) is 4.48. The van der Waals surface area contributed by atoms with Crippen LogP contribution in [0.25, 0.3) is 10.1 Å². The van der Waals surface area contributed by atoms with Gasteiger partial charge in [-0.2, -0.15) is 13.2 Å². The van der Waals surface area contributed by atoms with Gasteiger partial charge in [0.2, 0.25) is 0 Å². The molecule has 2 aromatic rings. The first-order chi connectivity index (χ1) is 14.6. The molecule has 0 amide bonds. The fourth-order valence-electron chi connectivity index (χ4n) is 4.57. The number of halogens is 4. The first-order valence-corrected chi connectivity index (χ1v) is 11.1. The summed E-state index contributed by atoms with van der Waals surface area (Å²) in [7, 11) is 1.94. The van der Waals surface area contributed by atoms with Crippen molar-refractivity contribution in [2.24, 2.45) is 10.9 Å². The van der Waals surface area contributed by atoms with Gasteiger partial charge < -0.3 is 16.3 Å². The highest BCUT2D eigenvalue weighted by molar-refractivity contribution is 7.21. The van der Waals surface area contributed by atoms with Gasteiger partial charge in [0.25, 0.3) is 0 Å². The SMILES string of the molecule is CCC1CC(Nc2cccc3c(CC(F)(F)F)c(/C(N)=N/O)sc23)C(F)C(CC)N1C. The first kappa shape index (κ1) is 23.6. The number of nitrogens with two attached hydrogens (primary N) is 1. The third-order valence-electron chi connectivity index (χ3n) is 6.14. The molecule has 172 valence electrons. The number of nitrogens with one attached hydrogen (secondary N) is 1. The third-order valence-corrected chi connectivity index (χ3v) is 7.45. The molecule has 3 rings (SSSR count). The molecule has 0 saturated carbocycles. The van der Waals surface area contributed by atoms with Gasteiger partial charge in [0.15, 0.2) is 5.84 Å². The summed E-state index contributed by atoms with van der Waals surface area (Å²) in [4.78, 5) is 2.16. The van der Waals surface area contributed by atoms with Crippen LogP contribution in [-0.2, 0) is 6.42 Å². The number of oxime groups is 1. The summed E-state index contributed by atoms with van der Waals surface area (Å²) in [5.41, 5.74) is 6.20. The topological polar surface area (TPSA) is 73.9 Å². The molecule has 1 aromatic carbocycles. The second-order valence-corrected chi connectivity index (χ2v) is 9.02. The van der Waals surface area contributed by atoms with E-state index >= 15 is 4.39 Å². The average molecular weight is 461 g/mol. The Hall–Kier alpha value is -2.07. The van der Waals surface area contributed by atoms with E-state index in [0.717, 1.165) is 17.8 Å². The number of hydrogen-bond donors (Lipinski definition) is 3. The van der Waals surface area contributed by atoms with Gasteiger partial charge in [0.05, 0.1) is 27.7 Å². The summed E-state index contributed by atoms with van der Waals surface area (Å²) < 4.78 is 55.5. The standard InChI is InChI=1S/C21H28F4N4OS/c1-4-11-9-15(17(22)16(5-2)29(11)3)27-14-8-6-7-12-13(10-21(23,24)25)19(20(26)28-30)31-18(12)14/h6-8,11,15-17,27,30H,4-5,9-10H2,1-3H3,(H2,26,28). The van der Waals surface area contributed by atoms with Gasteiger partial charge in [0, 0.05) is 12.1 Å². The van der Waals surface area contributed by atoms with Crippen molar-refractivity contribution in [3.05, 3.63) is 28.6 Å². The minimum Gasteiger partial charge on any atom is -0.409 e. The summed E-state index contributed by atoms with van der Waals surface area (Å²) in [5, 5.41) is 15.6. The van der Waals surface area contributed by atoms with E-state index in [-0.39, 0.29) is 28.4 Å². The normalized spacial score (nSPS) is 25.8. The van der Waals surface area contributed by atoms with Crippen LogP contribution in [0.1, 0.15) is 43.6 Å². The minimum atomic E-state index is -4.46. The number of fused-ring (bicyclic) bond motifs is 1. The number of likely N-dealkylation sites (tertiary alicyclic amines) is 1. The van der Waals surface area contributed by atoms with Crippen molar-refractivity contribution in [3.63, 3.8) is 0 Å². The van der Waals surface area contributed by atoms with Crippen LogP contribution in [0.5, 0.6) is 0 Å². The van der Waals surface area contributed by atoms with Crippen molar-refractivity contribution < 1.29 is 22.8 Å². The molecule has 2 heterocycles. The third kappa shape index (κ3) is 4.74. The van der Waals surface area contributed by atoms with Crippen molar-refractivity contribution in [1.29, 1.82) is 0 Å². The monoisotopic (exact) mass is 460 g/mol. The molecule has 0 bridgehead atoms. The number of anilines is 1. The van der Waals surface area contributed by atoms with Gasteiger partial charge in [-0.05, 0) is 43.3 Å². The Bertz CT molecular complexity index is 945. The maximum Gasteiger partial charge on any atom is 0.393 e. The van der Waals surface area contributed by atoms with Gasteiger partial charge in [0.1, 0.15) is 6.17 Å². The predicted molar refractivity (Wildman–Crippen MR) is 117 cm³/mol. The van der Waals surface area contributed by atoms with E-state index in [1.54, 1.807) is 18.2 Å². The highest BCUT2D eigenvalue weighted by Crippen LogP contribution is 2.40. The lowest BCUT2D eigenvalue weighted by Gasteiger charge is -2.45. The Morgan fingerprint density at radius 1 is 1.32 bits per heavy atom. The number of benzene rings is 1. The number of thiophene rings is 1. The summed E-state index contributed by atoms with van der Waals surface area (Å²) in [6.45, 7) is 4.02. The van der Waals surface area contributed by atoms with E-state index in [0.29, 0.717) is 28.6 Å². The van der Waals surface area contributed by atoms with Gasteiger partial charge in [-0.1, -0.05) is 31.1 Å². The van der Waals surface area contributed by atoms with E-state index in [2.05, 4.69) is 22.3 Å². The molecule has 4 N–H and O–H groups in total. The zero-order chi connectivity index (χ0) is 22.9. The lowest BCUT2D eigenvalue weighted by atomic mass is 9.87. The Labute approximate surface area is 182 Å². The van der Waals surface area contributed by atoms with Gasteiger partial charge >= 0.3 is 6.18 Å². The molecular weight excluding hydrogens is 432 g/mol. The van der Waals surface area contributed by atoms with E-state index < -0.39 is 24.8 Å². The fourth-order valence-corrected chi connectivity index (χ4v) is 5.76. The molecule has 31 heavy (non-hydrogen) atoms. The molecule has 0 aliphatic carbocycles.